The molecule has 1 atom stereocenters. The summed E-state index contributed by atoms with van der Waals surface area (Å²) in [4.78, 5) is 11.7. The molecule has 1 heterocycles. The van der Waals surface area contributed by atoms with Gasteiger partial charge in [0.25, 0.3) is 0 Å². The van der Waals surface area contributed by atoms with Crippen LogP contribution in [-0.4, -0.2) is 24.0 Å². The summed E-state index contributed by atoms with van der Waals surface area (Å²) in [5.74, 6) is 0.360. The van der Waals surface area contributed by atoms with Crippen LogP contribution in [0, 0.1) is 6.92 Å². The Kier molecular flexibility index (Phi) is 4.48. The van der Waals surface area contributed by atoms with Crippen molar-refractivity contribution in [1.29, 1.82) is 0 Å². The second-order valence-corrected chi connectivity index (χ2v) is 5.05. The van der Waals surface area contributed by atoms with Gasteiger partial charge in [0.05, 0.1) is 5.94 Å². The van der Waals surface area contributed by atoms with E-state index in [1.165, 1.54) is 0 Å². The summed E-state index contributed by atoms with van der Waals surface area (Å²) >= 11 is 0. The molecule has 1 aliphatic rings. The number of hydrogen-bond acceptors (Lipinski definition) is 3. The van der Waals surface area contributed by atoms with E-state index in [-0.39, 0.29) is 11.8 Å². The van der Waals surface area contributed by atoms with E-state index in [1.54, 1.807) is 0 Å². The number of rotatable bonds is 4. The van der Waals surface area contributed by atoms with E-state index < -0.39 is 7.12 Å². The molecule has 0 saturated carbocycles. The number of hydrogen-bond donors (Lipinski definition) is 2. The lowest BCUT2D eigenvalue weighted by Crippen LogP contribution is -2.53. The number of para-hydroxylation sites is 1. The normalized spacial score (nSPS) is 17.6. The van der Waals surface area contributed by atoms with E-state index in [4.69, 9.17) is 4.65 Å². The third kappa shape index (κ3) is 3.29. The van der Waals surface area contributed by atoms with Crippen molar-refractivity contribution in [3.63, 3.8) is 0 Å². The van der Waals surface area contributed by atoms with Crippen LogP contribution in [0.25, 0.3) is 0 Å². The maximum Gasteiger partial charge on any atom is 0.547 e. The highest BCUT2D eigenvalue weighted by Crippen LogP contribution is 2.29. The first-order valence-corrected chi connectivity index (χ1v) is 6.84. The summed E-state index contributed by atoms with van der Waals surface area (Å²) in [5, 5.41) is 12.8. The van der Waals surface area contributed by atoms with Gasteiger partial charge in [0.1, 0.15) is 5.75 Å². The number of carbonyl (C=O) groups excluding carboxylic acids is 1. The fourth-order valence-corrected chi connectivity index (χ4v) is 2.32. The number of aryl methyl sites for hydroxylation is 1. The fourth-order valence-electron chi connectivity index (χ4n) is 2.32. The molecular weight excluding hydrogens is 241 g/mol. The Bertz CT molecular complexity index is 464. The molecule has 0 fully saturated rings. The first kappa shape index (κ1) is 13.9. The Morgan fingerprint density at radius 2 is 2.37 bits per heavy atom. The van der Waals surface area contributed by atoms with E-state index >= 15 is 0 Å². The number of amides is 1. The molecule has 0 bridgehead atoms. The molecular formula is C14H20BNO3. The Labute approximate surface area is 114 Å². The highest BCUT2D eigenvalue weighted by Gasteiger charge is 2.36. The number of fused-ring (bicyclic) bond motifs is 1. The summed E-state index contributed by atoms with van der Waals surface area (Å²) < 4.78 is 5.52. The van der Waals surface area contributed by atoms with Gasteiger partial charge in [-0.15, -0.1) is 0 Å². The average molecular weight is 261 g/mol. The molecule has 2 N–H and O–H groups in total. The molecule has 19 heavy (non-hydrogen) atoms. The van der Waals surface area contributed by atoms with Gasteiger partial charge in [0.15, 0.2) is 0 Å². The molecule has 2 rings (SSSR count). The summed E-state index contributed by atoms with van der Waals surface area (Å²) in [6.07, 6.45) is 2.96. The molecule has 1 aromatic carbocycles. The zero-order valence-corrected chi connectivity index (χ0v) is 11.5. The summed E-state index contributed by atoms with van der Waals surface area (Å²) in [7, 11) is -0.973. The van der Waals surface area contributed by atoms with Crippen molar-refractivity contribution in [2.75, 3.05) is 0 Å². The van der Waals surface area contributed by atoms with Gasteiger partial charge in [0, 0.05) is 6.42 Å². The topological polar surface area (TPSA) is 58.6 Å². The van der Waals surface area contributed by atoms with E-state index in [2.05, 4.69) is 5.32 Å². The quantitative estimate of drug-likeness (QED) is 0.810. The average Bonchev–Trinajstić information content (AvgIpc) is 2.38. The van der Waals surface area contributed by atoms with Gasteiger partial charge in [-0.3, -0.25) is 4.79 Å². The van der Waals surface area contributed by atoms with Crippen LogP contribution in [0.15, 0.2) is 18.2 Å². The Morgan fingerprint density at radius 3 is 3.11 bits per heavy atom. The molecule has 102 valence electrons. The first-order chi connectivity index (χ1) is 9.11. The van der Waals surface area contributed by atoms with E-state index in [9.17, 15) is 9.82 Å². The van der Waals surface area contributed by atoms with Crippen molar-refractivity contribution in [3.05, 3.63) is 29.3 Å². The lowest BCUT2D eigenvalue weighted by Gasteiger charge is -2.29. The van der Waals surface area contributed by atoms with Crippen molar-refractivity contribution in [1.82, 2.24) is 5.32 Å². The smallest absolute Gasteiger partial charge is 0.534 e. The molecule has 1 amide bonds. The Balaban J connectivity index is 2.03. The minimum Gasteiger partial charge on any atom is -0.534 e. The fraction of sp³-hybridized carbons (Fsp3) is 0.500. The lowest BCUT2D eigenvalue weighted by atomic mass is 9.72. The van der Waals surface area contributed by atoms with Gasteiger partial charge < -0.3 is 15.0 Å². The third-order valence-corrected chi connectivity index (χ3v) is 3.42. The van der Waals surface area contributed by atoms with Crippen LogP contribution >= 0.6 is 0 Å². The van der Waals surface area contributed by atoms with Crippen LogP contribution in [0.3, 0.4) is 0 Å². The minimum absolute atomic E-state index is 0.0226. The maximum absolute atomic E-state index is 11.7. The summed E-state index contributed by atoms with van der Waals surface area (Å²) in [5.41, 5.74) is 2.04. The molecule has 1 aromatic rings. The molecule has 0 saturated heterocycles. The third-order valence-electron chi connectivity index (χ3n) is 3.42. The van der Waals surface area contributed by atoms with E-state index in [0.717, 1.165) is 29.7 Å². The standard InChI is InChI=1S/C14H20BNO3/c1-3-4-8-13(17)16-12-9-11-7-5-6-10(2)14(11)19-15(12)18/h5-7,12,18H,3-4,8-9H2,1-2H3,(H,16,17)/t12-/m0/s1. The molecule has 1 aliphatic heterocycles. The van der Waals surface area contributed by atoms with Crippen LogP contribution in [0.2, 0.25) is 0 Å². The lowest BCUT2D eigenvalue weighted by molar-refractivity contribution is -0.121. The summed E-state index contributed by atoms with van der Waals surface area (Å²) in [6, 6.07) is 5.89. The number of carbonyl (C=O) groups is 1. The van der Waals surface area contributed by atoms with Gasteiger partial charge >= 0.3 is 7.12 Å². The number of nitrogens with one attached hydrogen (secondary N) is 1. The largest absolute Gasteiger partial charge is 0.547 e. The number of unbranched alkanes of at least 4 members (excludes halogenated alkanes) is 1. The zero-order chi connectivity index (χ0) is 13.8. The predicted octanol–water partition coefficient (Wildman–Crippen LogP) is 1.62. The first-order valence-electron chi connectivity index (χ1n) is 6.84. The molecule has 0 unspecified atom stereocenters. The molecule has 0 spiro atoms. The molecule has 4 nitrogen and oxygen atoms in total. The summed E-state index contributed by atoms with van der Waals surface area (Å²) in [6.45, 7) is 4.00. The predicted molar refractivity (Wildman–Crippen MR) is 74.9 cm³/mol. The molecule has 0 radical (unpaired) electrons. The van der Waals surface area contributed by atoms with E-state index in [1.807, 2.05) is 32.0 Å². The van der Waals surface area contributed by atoms with Gasteiger partial charge in [0.2, 0.25) is 5.91 Å². The van der Waals surface area contributed by atoms with Crippen LogP contribution in [0.4, 0.5) is 0 Å². The van der Waals surface area contributed by atoms with Crippen molar-refractivity contribution >= 4 is 13.0 Å². The number of benzene rings is 1. The minimum atomic E-state index is -0.973. The molecule has 0 aliphatic carbocycles. The van der Waals surface area contributed by atoms with Gasteiger partial charge in [-0.2, -0.15) is 0 Å². The molecule has 5 heteroatoms. The molecule has 0 aromatic heterocycles. The van der Waals surface area contributed by atoms with Crippen molar-refractivity contribution in [2.24, 2.45) is 0 Å². The second-order valence-electron chi connectivity index (χ2n) is 5.05. The van der Waals surface area contributed by atoms with Gasteiger partial charge in [-0.25, -0.2) is 0 Å². The Morgan fingerprint density at radius 1 is 1.58 bits per heavy atom. The van der Waals surface area contributed by atoms with Crippen molar-refractivity contribution in [3.8, 4) is 5.75 Å². The van der Waals surface area contributed by atoms with Gasteiger partial charge in [-0.1, -0.05) is 31.5 Å². The SMILES string of the molecule is CCCCC(=O)N[C@H]1Cc2cccc(C)c2OB1O. The van der Waals surface area contributed by atoms with Crippen molar-refractivity contribution < 1.29 is 14.5 Å². The van der Waals surface area contributed by atoms with E-state index in [0.29, 0.717) is 12.8 Å². The Hall–Kier alpha value is -1.49. The monoisotopic (exact) mass is 261 g/mol. The van der Waals surface area contributed by atoms with Crippen LogP contribution < -0.4 is 9.97 Å². The highest BCUT2D eigenvalue weighted by molar-refractivity contribution is 6.46. The zero-order valence-electron chi connectivity index (χ0n) is 11.5. The highest BCUT2D eigenvalue weighted by atomic mass is 16.5. The maximum atomic E-state index is 11.7. The van der Waals surface area contributed by atoms with Crippen LogP contribution in [0.5, 0.6) is 5.75 Å². The van der Waals surface area contributed by atoms with Crippen LogP contribution in [-0.2, 0) is 11.2 Å². The second kappa shape index (κ2) is 6.11. The van der Waals surface area contributed by atoms with Crippen LogP contribution in [0.1, 0.15) is 37.3 Å². The van der Waals surface area contributed by atoms with Crippen molar-refractivity contribution in [2.45, 2.75) is 45.5 Å². The van der Waals surface area contributed by atoms with Gasteiger partial charge in [-0.05, 0) is 30.9 Å².